The first-order valence-corrected chi connectivity index (χ1v) is 6.30. The van der Waals surface area contributed by atoms with E-state index in [0.29, 0.717) is 0 Å². The van der Waals surface area contributed by atoms with Gasteiger partial charge in [0, 0.05) is 17.4 Å². The Morgan fingerprint density at radius 3 is 2.58 bits per heavy atom. The van der Waals surface area contributed by atoms with Crippen molar-refractivity contribution in [1.29, 1.82) is 0 Å². The number of benzene rings is 1. The minimum Gasteiger partial charge on any atom is -0.481 e. The lowest BCUT2D eigenvalue weighted by molar-refractivity contribution is -0.138. The monoisotopic (exact) mass is 328 g/mol. The van der Waals surface area contributed by atoms with E-state index in [1.807, 2.05) is 24.3 Å². The zero-order valence-corrected chi connectivity index (χ0v) is 11.6. The molecule has 0 unspecified atom stereocenters. The van der Waals surface area contributed by atoms with Crippen molar-refractivity contribution >= 4 is 33.8 Å². The molecule has 0 radical (unpaired) electrons. The Morgan fingerprint density at radius 1 is 1.21 bits per heavy atom. The Bertz CT molecular complexity index is 490. The second kappa shape index (κ2) is 7.52. The lowest BCUT2D eigenvalue weighted by atomic mass is 10.2. The lowest BCUT2D eigenvalue weighted by Crippen LogP contribution is -2.39. The van der Waals surface area contributed by atoms with Gasteiger partial charge in [0.1, 0.15) is 0 Å². The second-order valence-electron chi connectivity index (χ2n) is 3.75. The Kier molecular flexibility index (Phi) is 6.01. The molecule has 102 valence electrons. The summed E-state index contributed by atoms with van der Waals surface area (Å²) in [6.45, 7) is 0.275. The average Bonchev–Trinajstić information content (AvgIpc) is 2.34. The van der Waals surface area contributed by atoms with Crippen molar-refractivity contribution in [2.45, 2.75) is 19.4 Å². The van der Waals surface area contributed by atoms with Gasteiger partial charge in [-0.25, -0.2) is 4.79 Å². The molecule has 0 aromatic heterocycles. The molecule has 1 aromatic carbocycles. The molecule has 0 bridgehead atoms. The summed E-state index contributed by atoms with van der Waals surface area (Å²) in [4.78, 5) is 32.8. The summed E-state index contributed by atoms with van der Waals surface area (Å²) >= 11 is 3.31. The summed E-state index contributed by atoms with van der Waals surface area (Å²) < 4.78 is 0.893. The van der Waals surface area contributed by atoms with Gasteiger partial charge >= 0.3 is 12.0 Å². The highest BCUT2D eigenvalue weighted by molar-refractivity contribution is 9.10. The fraction of sp³-hybridized carbons (Fsp3) is 0.250. The molecule has 0 aliphatic rings. The number of hydrogen-bond acceptors (Lipinski definition) is 3. The number of carboxylic acids is 1. The van der Waals surface area contributed by atoms with E-state index in [0.717, 1.165) is 10.0 Å². The quantitative estimate of drug-likeness (QED) is 0.765. The van der Waals surface area contributed by atoms with Crippen molar-refractivity contribution in [3.05, 3.63) is 34.3 Å². The van der Waals surface area contributed by atoms with Gasteiger partial charge < -0.3 is 10.4 Å². The molecular formula is C12H13BrN2O4. The number of halogens is 1. The number of rotatable bonds is 5. The van der Waals surface area contributed by atoms with Gasteiger partial charge in [0.15, 0.2) is 0 Å². The zero-order chi connectivity index (χ0) is 14.3. The maximum Gasteiger partial charge on any atom is 0.321 e. The number of nitrogens with one attached hydrogen (secondary N) is 2. The molecule has 0 saturated carbocycles. The van der Waals surface area contributed by atoms with Crippen LogP contribution in [0.3, 0.4) is 0 Å². The van der Waals surface area contributed by atoms with Crippen LogP contribution < -0.4 is 10.6 Å². The number of urea groups is 1. The normalized spacial score (nSPS) is 9.74. The predicted octanol–water partition coefficient (Wildman–Crippen LogP) is 1.64. The summed E-state index contributed by atoms with van der Waals surface area (Å²) in [5.41, 5.74) is 0.877. The van der Waals surface area contributed by atoms with Crippen LogP contribution in [0.15, 0.2) is 28.7 Å². The molecule has 0 atom stereocenters. The molecule has 1 aromatic rings. The maximum absolute atomic E-state index is 11.4. The number of carboxylic acid groups (broad SMARTS) is 1. The lowest BCUT2D eigenvalue weighted by Gasteiger charge is -2.06. The summed E-state index contributed by atoms with van der Waals surface area (Å²) in [6, 6.07) is 6.72. The second-order valence-corrected chi connectivity index (χ2v) is 4.67. The van der Waals surface area contributed by atoms with Crippen LogP contribution in [0, 0.1) is 0 Å². The Balaban J connectivity index is 2.31. The molecule has 7 heteroatoms. The fourth-order valence-corrected chi connectivity index (χ4v) is 1.73. The minimum atomic E-state index is -1.08. The largest absolute Gasteiger partial charge is 0.481 e. The molecule has 0 heterocycles. The standard InChI is InChI=1S/C12H13BrN2O4/c13-9-3-1-2-8(6-9)7-14-12(19)15-10(16)4-5-11(17)18/h1-3,6H,4-5,7H2,(H,17,18)(H2,14,15,16,19). The van der Waals surface area contributed by atoms with Crippen molar-refractivity contribution < 1.29 is 19.5 Å². The van der Waals surface area contributed by atoms with Gasteiger partial charge in [-0.2, -0.15) is 0 Å². The minimum absolute atomic E-state index is 0.223. The number of carbonyl (C=O) groups excluding carboxylic acids is 2. The molecule has 0 spiro atoms. The molecule has 0 fully saturated rings. The van der Waals surface area contributed by atoms with E-state index in [4.69, 9.17) is 5.11 Å². The third-order valence-corrected chi connectivity index (χ3v) is 2.65. The van der Waals surface area contributed by atoms with Gasteiger partial charge in [-0.15, -0.1) is 0 Å². The van der Waals surface area contributed by atoms with Gasteiger partial charge in [0.25, 0.3) is 0 Å². The fourth-order valence-electron chi connectivity index (χ4n) is 1.28. The van der Waals surface area contributed by atoms with Crippen molar-refractivity contribution in [3.63, 3.8) is 0 Å². The number of amides is 3. The van der Waals surface area contributed by atoms with Gasteiger partial charge in [-0.1, -0.05) is 28.1 Å². The van der Waals surface area contributed by atoms with Crippen LogP contribution in [0.25, 0.3) is 0 Å². The van der Waals surface area contributed by atoms with Gasteiger partial charge in [0.2, 0.25) is 5.91 Å². The molecule has 0 saturated heterocycles. The van der Waals surface area contributed by atoms with E-state index in [-0.39, 0.29) is 19.4 Å². The highest BCUT2D eigenvalue weighted by Crippen LogP contribution is 2.11. The highest BCUT2D eigenvalue weighted by Gasteiger charge is 2.09. The third-order valence-electron chi connectivity index (χ3n) is 2.16. The number of carbonyl (C=O) groups is 3. The molecule has 3 N–H and O–H groups in total. The number of imide groups is 1. The van der Waals surface area contributed by atoms with Crippen LogP contribution in [0.1, 0.15) is 18.4 Å². The van der Waals surface area contributed by atoms with Crippen molar-refractivity contribution in [2.24, 2.45) is 0 Å². The topological polar surface area (TPSA) is 95.5 Å². The van der Waals surface area contributed by atoms with E-state index in [1.165, 1.54) is 0 Å². The Hall–Kier alpha value is -1.89. The predicted molar refractivity (Wildman–Crippen MR) is 71.4 cm³/mol. The molecule has 19 heavy (non-hydrogen) atoms. The third kappa shape index (κ3) is 6.56. The van der Waals surface area contributed by atoms with Crippen LogP contribution in [0.4, 0.5) is 4.79 Å². The number of aliphatic carboxylic acids is 1. The zero-order valence-electron chi connectivity index (χ0n) is 9.98. The molecule has 6 nitrogen and oxygen atoms in total. The van der Waals surface area contributed by atoms with Crippen LogP contribution in [0.2, 0.25) is 0 Å². The number of hydrogen-bond donors (Lipinski definition) is 3. The molecule has 1 rings (SSSR count). The SMILES string of the molecule is O=C(O)CCC(=O)NC(=O)NCc1cccc(Br)c1. The first-order valence-electron chi connectivity index (χ1n) is 5.51. The van der Waals surface area contributed by atoms with Crippen molar-refractivity contribution in [2.75, 3.05) is 0 Å². The summed E-state index contributed by atoms with van der Waals surface area (Å²) in [5.74, 6) is -1.70. The van der Waals surface area contributed by atoms with E-state index in [9.17, 15) is 14.4 Å². The summed E-state index contributed by atoms with van der Waals surface area (Å²) in [7, 11) is 0. The Morgan fingerprint density at radius 2 is 1.95 bits per heavy atom. The van der Waals surface area contributed by atoms with Crippen LogP contribution >= 0.6 is 15.9 Å². The van der Waals surface area contributed by atoms with Crippen LogP contribution in [-0.2, 0) is 16.1 Å². The van der Waals surface area contributed by atoms with E-state index < -0.39 is 17.9 Å². The summed E-state index contributed by atoms with van der Waals surface area (Å²) in [5, 5.41) is 13.0. The van der Waals surface area contributed by atoms with Crippen molar-refractivity contribution in [3.8, 4) is 0 Å². The van der Waals surface area contributed by atoms with Crippen LogP contribution in [-0.4, -0.2) is 23.0 Å². The summed E-state index contributed by atoms with van der Waals surface area (Å²) in [6.07, 6.45) is -0.523. The van der Waals surface area contributed by atoms with Gasteiger partial charge in [-0.05, 0) is 17.7 Å². The van der Waals surface area contributed by atoms with E-state index >= 15 is 0 Å². The van der Waals surface area contributed by atoms with Gasteiger partial charge in [0.05, 0.1) is 6.42 Å². The molecule has 3 amide bonds. The smallest absolute Gasteiger partial charge is 0.321 e. The van der Waals surface area contributed by atoms with Crippen molar-refractivity contribution in [1.82, 2.24) is 10.6 Å². The average molecular weight is 329 g/mol. The van der Waals surface area contributed by atoms with E-state index in [1.54, 1.807) is 0 Å². The molecule has 0 aliphatic heterocycles. The molecular weight excluding hydrogens is 316 g/mol. The maximum atomic E-state index is 11.4. The van der Waals surface area contributed by atoms with Gasteiger partial charge in [-0.3, -0.25) is 14.9 Å². The van der Waals surface area contributed by atoms with E-state index in [2.05, 4.69) is 26.6 Å². The first-order chi connectivity index (χ1) is 8.97. The highest BCUT2D eigenvalue weighted by atomic mass is 79.9. The Labute approximate surface area is 118 Å². The first kappa shape index (κ1) is 15.2. The molecule has 0 aliphatic carbocycles. The van der Waals surface area contributed by atoms with Crippen LogP contribution in [0.5, 0.6) is 0 Å².